The number of ketones is 1. The topological polar surface area (TPSA) is 47.8 Å². The lowest BCUT2D eigenvalue weighted by Crippen LogP contribution is -2.06. The van der Waals surface area contributed by atoms with Gasteiger partial charge in [0.25, 0.3) is 0 Å². The molecule has 2 rings (SSSR count). The molecule has 0 bridgehead atoms. The van der Waals surface area contributed by atoms with Gasteiger partial charge in [-0.1, -0.05) is 25.1 Å². The first-order chi connectivity index (χ1) is 9.08. The fraction of sp³-hybridized carbons (Fsp3) is 0.357. The number of halogens is 1. The van der Waals surface area contributed by atoms with Gasteiger partial charge in [-0.2, -0.15) is 0 Å². The highest BCUT2D eigenvalue weighted by Crippen LogP contribution is 2.24. The third kappa shape index (κ3) is 2.61. The minimum Gasteiger partial charge on any atom is -0.292 e. The lowest BCUT2D eigenvalue weighted by atomic mass is 10.1. The third-order valence-electron chi connectivity index (χ3n) is 3.01. The summed E-state index contributed by atoms with van der Waals surface area (Å²) in [5.74, 6) is 0.0336. The SMILES string of the molecule is CCC(=O)c1nnn(-c2ccc(C)cc2Br)c1CC. The largest absolute Gasteiger partial charge is 0.292 e. The summed E-state index contributed by atoms with van der Waals surface area (Å²) >= 11 is 3.54. The van der Waals surface area contributed by atoms with Crippen LogP contribution in [0.1, 0.15) is 42.0 Å². The molecule has 1 aromatic heterocycles. The van der Waals surface area contributed by atoms with Crippen molar-refractivity contribution < 1.29 is 4.79 Å². The van der Waals surface area contributed by atoms with Crippen molar-refractivity contribution in [2.24, 2.45) is 0 Å². The van der Waals surface area contributed by atoms with Gasteiger partial charge >= 0.3 is 0 Å². The number of nitrogens with zero attached hydrogens (tertiary/aromatic N) is 3. The number of benzene rings is 1. The van der Waals surface area contributed by atoms with E-state index in [4.69, 9.17) is 0 Å². The molecule has 0 atom stereocenters. The Labute approximate surface area is 121 Å². The summed E-state index contributed by atoms with van der Waals surface area (Å²) in [5, 5.41) is 8.17. The summed E-state index contributed by atoms with van der Waals surface area (Å²) in [6.45, 7) is 5.87. The Hall–Kier alpha value is -1.49. The molecule has 5 heteroatoms. The summed E-state index contributed by atoms with van der Waals surface area (Å²) in [6, 6.07) is 6.02. The molecule has 0 radical (unpaired) electrons. The van der Waals surface area contributed by atoms with Crippen molar-refractivity contribution in [1.29, 1.82) is 0 Å². The number of carbonyl (C=O) groups excluding carboxylic acids is 1. The third-order valence-corrected chi connectivity index (χ3v) is 3.65. The molecule has 0 unspecified atom stereocenters. The zero-order chi connectivity index (χ0) is 14.0. The van der Waals surface area contributed by atoms with Gasteiger partial charge in [0, 0.05) is 10.9 Å². The van der Waals surface area contributed by atoms with E-state index in [9.17, 15) is 4.79 Å². The maximum atomic E-state index is 11.8. The molecule has 0 spiro atoms. The van der Waals surface area contributed by atoms with Crippen molar-refractivity contribution in [2.45, 2.75) is 33.6 Å². The van der Waals surface area contributed by atoms with Gasteiger partial charge in [-0.15, -0.1) is 5.10 Å². The van der Waals surface area contributed by atoms with Crippen LogP contribution in [0.2, 0.25) is 0 Å². The Morgan fingerprint density at radius 3 is 2.68 bits per heavy atom. The minimum atomic E-state index is 0.0336. The number of Topliss-reactive ketones (excluding diaryl/α,β-unsaturated/α-hetero) is 1. The van der Waals surface area contributed by atoms with Crippen LogP contribution in [-0.2, 0) is 6.42 Å². The maximum absolute atomic E-state index is 11.8. The van der Waals surface area contributed by atoms with Crippen LogP contribution >= 0.6 is 15.9 Å². The lowest BCUT2D eigenvalue weighted by molar-refractivity contribution is 0.0982. The number of rotatable bonds is 4. The first kappa shape index (κ1) is 13.9. The highest BCUT2D eigenvalue weighted by atomic mass is 79.9. The second-order valence-electron chi connectivity index (χ2n) is 4.38. The molecule has 0 aliphatic carbocycles. The normalized spacial score (nSPS) is 10.7. The Balaban J connectivity index is 2.57. The van der Waals surface area contributed by atoms with Gasteiger partial charge in [-0.25, -0.2) is 4.68 Å². The molecular formula is C14H16BrN3O. The second kappa shape index (κ2) is 5.65. The maximum Gasteiger partial charge on any atom is 0.184 e. The molecule has 0 N–H and O–H groups in total. The first-order valence-corrected chi connectivity index (χ1v) is 7.12. The van der Waals surface area contributed by atoms with E-state index in [1.54, 1.807) is 4.68 Å². The molecule has 0 aliphatic rings. The van der Waals surface area contributed by atoms with E-state index in [-0.39, 0.29) is 5.78 Å². The lowest BCUT2D eigenvalue weighted by Gasteiger charge is -2.08. The molecule has 1 heterocycles. The van der Waals surface area contributed by atoms with Crippen molar-refractivity contribution in [3.05, 3.63) is 39.6 Å². The molecule has 0 saturated heterocycles. The van der Waals surface area contributed by atoms with Crippen LogP contribution < -0.4 is 0 Å². The smallest absolute Gasteiger partial charge is 0.184 e. The fourth-order valence-corrected chi connectivity index (χ4v) is 2.64. The summed E-state index contributed by atoms with van der Waals surface area (Å²) in [6.07, 6.45) is 1.16. The molecule has 0 aliphatic heterocycles. The molecule has 1 aromatic carbocycles. The van der Waals surface area contributed by atoms with Crippen molar-refractivity contribution in [2.75, 3.05) is 0 Å². The van der Waals surface area contributed by atoms with E-state index in [2.05, 4.69) is 26.2 Å². The van der Waals surface area contributed by atoms with Crippen LogP contribution in [0.3, 0.4) is 0 Å². The summed E-state index contributed by atoms with van der Waals surface area (Å²) in [7, 11) is 0. The summed E-state index contributed by atoms with van der Waals surface area (Å²) < 4.78 is 2.69. The van der Waals surface area contributed by atoms with Crippen LogP contribution in [0.15, 0.2) is 22.7 Å². The van der Waals surface area contributed by atoms with Crippen LogP contribution in [0.4, 0.5) is 0 Å². The average Bonchev–Trinajstić information content (AvgIpc) is 2.81. The summed E-state index contributed by atoms with van der Waals surface area (Å²) in [5.41, 5.74) is 3.41. The summed E-state index contributed by atoms with van der Waals surface area (Å²) in [4.78, 5) is 11.8. The zero-order valence-corrected chi connectivity index (χ0v) is 12.9. The Bertz CT molecular complexity index is 619. The van der Waals surface area contributed by atoms with Gasteiger partial charge in [0.1, 0.15) is 0 Å². The van der Waals surface area contributed by atoms with Gasteiger partial charge in [0.05, 0.1) is 11.4 Å². The molecule has 0 saturated carbocycles. The number of hydrogen-bond acceptors (Lipinski definition) is 3. The number of carbonyl (C=O) groups is 1. The van der Waals surface area contributed by atoms with E-state index in [1.807, 2.05) is 39.0 Å². The van der Waals surface area contributed by atoms with Crippen molar-refractivity contribution in [3.8, 4) is 5.69 Å². The van der Waals surface area contributed by atoms with E-state index < -0.39 is 0 Å². The number of hydrogen-bond donors (Lipinski definition) is 0. The molecule has 19 heavy (non-hydrogen) atoms. The Morgan fingerprint density at radius 2 is 2.11 bits per heavy atom. The monoisotopic (exact) mass is 321 g/mol. The molecule has 0 fully saturated rings. The Morgan fingerprint density at radius 1 is 1.37 bits per heavy atom. The highest BCUT2D eigenvalue weighted by molar-refractivity contribution is 9.10. The molecular weight excluding hydrogens is 306 g/mol. The van der Waals surface area contributed by atoms with Gasteiger partial charge < -0.3 is 0 Å². The fourth-order valence-electron chi connectivity index (χ4n) is 1.98. The van der Waals surface area contributed by atoms with Gasteiger partial charge in [0.15, 0.2) is 11.5 Å². The minimum absolute atomic E-state index is 0.0336. The van der Waals surface area contributed by atoms with Gasteiger partial charge in [-0.05, 0) is 47.0 Å². The van der Waals surface area contributed by atoms with Crippen LogP contribution in [0, 0.1) is 6.92 Å². The van der Waals surface area contributed by atoms with Crippen molar-refractivity contribution >= 4 is 21.7 Å². The molecule has 2 aromatic rings. The van der Waals surface area contributed by atoms with Gasteiger partial charge in [0.2, 0.25) is 0 Å². The number of aromatic nitrogens is 3. The van der Waals surface area contributed by atoms with Crippen LogP contribution in [0.5, 0.6) is 0 Å². The predicted octanol–water partition coefficient (Wildman–Crippen LogP) is 3.49. The van der Waals surface area contributed by atoms with Crippen LogP contribution in [-0.4, -0.2) is 20.8 Å². The Kier molecular flexibility index (Phi) is 4.14. The van der Waals surface area contributed by atoms with Crippen molar-refractivity contribution in [3.63, 3.8) is 0 Å². The standard InChI is InChI=1S/C14H16BrN3O/c1-4-11-14(13(19)5-2)16-17-18(11)12-7-6-9(3)8-10(12)15/h6-8H,4-5H2,1-3H3. The highest BCUT2D eigenvalue weighted by Gasteiger charge is 2.18. The van der Waals surface area contributed by atoms with E-state index >= 15 is 0 Å². The van der Waals surface area contributed by atoms with Crippen LogP contribution in [0.25, 0.3) is 5.69 Å². The zero-order valence-electron chi connectivity index (χ0n) is 11.3. The molecule has 4 nitrogen and oxygen atoms in total. The van der Waals surface area contributed by atoms with E-state index in [1.165, 1.54) is 5.56 Å². The molecule has 100 valence electrons. The quantitative estimate of drug-likeness (QED) is 0.810. The van der Waals surface area contributed by atoms with Crippen molar-refractivity contribution in [1.82, 2.24) is 15.0 Å². The molecule has 0 amide bonds. The first-order valence-electron chi connectivity index (χ1n) is 6.32. The van der Waals surface area contributed by atoms with E-state index in [0.29, 0.717) is 18.5 Å². The second-order valence-corrected chi connectivity index (χ2v) is 5.24. The average molecular weight is 322 g/mol. The van der Waals surface area contributed by atoms with Gasteiger partial charge in [-0.3, -0.25) is 4.79 Å². The predicted molar refractivity (Wildman–Crippen MR) is 77.8 cm³/mol. The van der Waals surface area contributed by atoms with E-state index in [0.717, 1.165) is 15.9 Å². The number of aryl methyl sites for hydroxylation is 1.